The summed E-state index contributed by atoms with van der Waals surface area (Å²) in [4.78, 5) is 45.3. The van der Waals surface area contributed by atoms with Crippen molar-refractivity contribution in [3.8, 4) is 5.82 Å². The Labute approximate surface area is 175 Å². The summed E-state index contributed by atoms with van der Waals surface area (Å²) in [5.41, 5.74) is 0.943. The minimum absolute atomic E-state index is 0.0963. The maximum Gasteiger partial charge on any atom is 0.266 e. The highest BCUT2D eigenvalue weighted by molar-refractivity contribution is 7.99. The molecule has 4 rings (SSSR count). The number of hydrogen-bond acceptors (Lipinski definition) is 8. The van der Waals surface area contributed by atoms with Gasteiger partial charge in [0.1, 0.15) is 12.7 Å². The topological polar surface area (TPSA) is 130 Å². The molecule has 0 saturated carbocycles. The molecule has 156 valence electrons. The second-order valence-corrected chi connectivity index (χ2v) is 7.88. The second kappa shape index (κ2) is 8.22. The number of nitrogens with one attached hydrogen (secondary N) is 1. The fraction of sp³-hybridized carbons (Fsp3) is 0.389. The molecule has 1 unspecified atom stereocenters. The molecule has 0 spiro atoms. The van der Waals surface area contributed by atoms with Crippen molar-refractivity contribution >= 4 is 17.7 Å². The highest BCUT2D eigenvalue weighted by atomic mass is 32.2. The Kier molecular flexibility index (Phi) is 5.48. The standard InChI is InChI=1S/C18H20N8O3S/c1-11-12(2)22-18-26(17(11)29)13(8-30-18)7-15(27)20-5-6-24-16(28)4-3-14(23-24)25-10-19-9-21-25/h3-4,9-10,13H,5-8H2,1-2H3,(H,20,27). The summed E-state index contributed by atoms with van der Waals surface area (Å²) in [5.74, 6) is 0.883. The molecule has 0 saturated heterocycles. The zero-order valence-corrected chi connectivity index (χ0v) is 17.3. The molecule has 0 aliphatic carbocycles. The molecule has 0 aromatic carbocycles. The van der Waals surface area contributed by atoms with E-state index >= 15 is 0 Å². The van der Waals surface area contributed by atoms with Gasteiger partial charge in [-0.1, -0.05) is 11.8 Å². The van der Waals surface area contributed by atoms with E-state index in [1.807, 2.05) is 6.92 Å². The Morgan fingerprint density at radius 1 is 1.30 bits per heavy atom. The van der Waals surface area contributed by atoms with Gasteiger partial charge in [0.15, 0.2) is 11.0 Å². The highest BCUT2D eigenvalue weighted by Crippen LogP contribution is 2.32. The van der Waals surface area contributed by atoms with Gasteiger partial charge in [-0.15, -0.1) is 5.10 Å². The molecular formula is C18H20N8O3S. The molecule has 11 nitrogen and oxygen atoms in total. The first-order valence-corrected chi connectivity index (χ1v) is 10.3. The van der Waals surface area contributed by atoms with Crippen LogP contribution in [0.3, 0.4) is 0 Å². The molecule has 1 atom stereocenters. The molecule has 3 aromatic heterocycles. The van der Waals surface area contributed by atoms with Gasteiger partial charge in [-0.2, -0.15) is 5.10 Å². The van der Waals surface area contributed by atoms with Gasteiger partial charge in [-0.25, -0.2) is 19.3 Å². The van der Waals surface area contributed by atoms with Crippen molar-refractivity contribution in [1.82, 2.24) is 39.4 Å². The van der Waals surface area contributed by atoms with Crippen LogP contribution >= 0.6 is 11.8 Å². The van der Waals surface area contributed by atoms with E-state index in [-0.39, 0.29) is 42.6 Å². The monoisotopic (exact) mass is 428 g/mol. The Morgan fingerprint density at radius 3 is 2.90 bits per heavy atom. The summed E-state index contributed by atoms with van der Waals surface area (Å²) < 4.78 is 4.32. The van der Waals surface area contributed by atoms with Crippen molar-refractivity contribution in [2.45, 2.75) is 38.0 Å². The van der Waals surface area contributed by atoms with E-state index in [1.165, 1.54) is 39.8 Å². The Morgan fingerprint density at radius 2 is 2.13 bits per heavy atom. The zero-order chi connectivity index (χ0) is 21.3. The first-order valence-electron chi connectivity index (χ1n) is 9.36. The highest BCUT2D eigenvalue weighted by Gasteiger charge is 2.28. The summed E-state index contributed by atoms with van der Waals surface area (Å²) in [5, 5.41) is 11.7. The van der Waals surface area contributed by atoms with Crippen molar-refractivity contribution in [2.24, 2.45) is 0 Å². The number of fused-ring (bicyclic) bond motifs is 1. The van der Waals surface area contributed by atoms with E-state index in [1.54, 1.807) is 17.6 Å². The average molecular weight is 428 g/mol. The molecule has 30 heavy (non-hydrogen) atoms. The van der Waals surface area contributed by atoms with E-state index in [0.717, 1.165) is 5.69 Å². The largest absolute Gasteiger partial charge is 0.354 e. The van der Waals surface area contributed by atoms with Crippen LogP contribution in [0.2, 0.25) is 0 Å². The number of aromatic nitrogens is 7. The van der Waals surface area contributed by atoms with Crippen molar-refractivity contribution in [3.63, 3.8) is 0 Å². The molecule has 1 N–H and O–H groups in total. The number of nitrogens with zero attached hydrogens (tertiary/aromatic N) is 7. The molecule has 12 heteroatoms. The third-order valence-corrected chi connectivity index (χ3v) is 5.99. The smallest absolute Gasteiger partial charge is 0.266 e. The third-order valence-electron chi connectivity index (χ3n) is 4.89. The van der Waals surface area contributed by atoms with Crippen molar-refractivity contribution in [3.05, 3.63) is 56.8 Å². The Hall–Kier alpha value is -3.28. The van der Waals surface area contributed by atoms with Crippen LogP contribution < -0.4 is 16.4 Å². The molecule has 0 fully saturated rings. The normalized spacial score (nSPS) is 15.2. The number of carbonyl (C=O) groups excluding carboxylic acids is 1. The van der Waals surface area contributed by atoms with Crippen LogP contribution in [-0.4, -0.2) is 52.3 Å². The number of carbonyl (C=O) groups is 1. The van der Waals surface area contributed by atoms with Gasteiger partial charge in [0.2, 0.25) is 5.91 Å². The lowest BCUT2D eigenvalue weighted by Crippen LogP contribution is -2.35. The fourth-order valence-electron chi connectivity index (χ4n) is 3.16. The van der Waals surface area contributed by atoms with Crippen molar-refractivity contribution in [1.29, 1.82) is 0 Å². The Balaban J connectivity index is 1.37. The minimum atomic E-state index is -0.280. The summed E-state index contributed by atoms with van der Waals surface area (Å²) in [7, 11) is 0. The lowest BCUT2D eigenvalue weighted by Gasteiger charge is -2.14. The van der Waals surface area contributed by atoms with Gasteiger partial charge in [0.25, 0.3) is 11.1 Å². The minimum Gasteiger partial charge on any atom is -0.354 e. The van der Waals surface area contributed by atoms with E-state index in [9.17, 15) is 14.4 Å². The molecule has 1 amide bonds. The maximum atomic E-state index is 12.6. The fourth-order valence-corrected chi connectivity index (χ4v) is 4.34. The molecular weight excluding hydrogens is 408 g/mol. The van der Waals surface area contributed by atoms with E-state index in [2.05, 4.69) is 25.5 Å². The van der Waals surface area contributed by atoms with E-state index in [4.69, 9.17) is 0 Å². The molecule has 1 aliphatic rings. The van der Waals surface area contributed by atoms with Gasteiger partial charge < -0.3 is 5.32 Å². The first kappa shape index (κ1) is 20.0. The van der Waals surface area contributed by atoms with Crippen molar-refractivity contribution < 1.29 is 4.79 Å². The van der Waals surface area contributed by atoms with E-state index < -0.39 is 0 Å². The van der Waals surface area contributed by atoms with Gasteiger partial charge in [-0.05, 0) is 19.9 Å². The molecule has 0 bridgehead atoms. The number of hydrogen-bond donors (Lipinski definition) is 1. The summed E-state index contributed by atoms with van der Waals surface area (Å²) in [6, 6.07) is 2.71. The van der Waals surface area contributed by atoms with Crippen LogP contribution in [0.4, 0.5) is 0 Å². The van der Waals surface area contributed by atoms with Crippen LogP contribution in [0.25, 0.3) is 5.82 Å². The number of rotatable bonds is 6. The van der Waals surface area contributed by atoms with Crippen LogP contribution in [0.15, 0.2) is 39.5 Å². The quantitative estimate of drug-likeness (QED) is 0.537. The zero-order valence-electron chi connectivity index (χ0n) is 16.5. The van der Waals surface area contributed by atoms with Crippen LogP contribution in [0.1, 0.15) is 23.7 Å². The number of thioether (sulfide) groups is 1. The average Bonchev–Trinajstić information content (AvgIpc) is 3.38. The van der Waals surface area contributed by atoms with Gasteiger partial charge in [0.05, 0.1) is 12.6 Å². The van der Waals surface area contributed by atoms with E-state index in [0.29, 0.717) is 22.3 Å². The van der Waals surface area contributed by atoms with Crippen LogP contribution in [0, 0.1) is 13.8 Å². The van der Waals surface area contributed by atoms with Crippen LogP contribution in [-0.2, 0) is 11.3 Å². The molecule has 3 aromatic rings. The van der Waals surface area contributed by atoms with Gasteiger partial charge in [-0.3, -0.25) is 19.0 Å². The van der Waals surface area contributed by atoms with Crippen molar-refractivity contribution in [2.75, 3.05) is 12.3 Å². The lowest BCUT2D eigenvalue weighted by atomic mass is 10.2. The third kappa shape index (κ3) is 3.90. The van der Waals surface area contributed by atoms with Gasteiger partial charge in [0, 0.05) is 36.0 Å². The number of aryl methyl sites for hydroxylation is 1. The summed E-state index contributed by atoms with van der Waals surface area (Å²) in [6.45, 7) is 4.00. The van der Waals surface area contributed by atoms with Crippen LogP contribution in [0.5, 0.6) is 0 Å². The maximum absolute atomic E-state index is 12.6. The Bertz CT molecular complexity index is 1200. The molecule has 1 aliphatic heterocycles. The van der Waals surface area contributed by atoms with Gasteiger partial charge >= 0.3 is 0 Å². The predicted octanol–water partition coefficient (Wildman–Crippen LogP) is -0.149. The first-order chi connectivity index (χ1) is 14.4. The SMILES string of the molecule is Cc1nc2n(c(=O)c1C)C(CC(=O)NCCn1nc(-n3cncn3)ccc1=O)CS2. The molecule has 4 heterocycles. The summed E-state index contributed by atoms with van der Waals surface area (Å²) in [6.07, 6.45) is 3.03. The summed E-state index contributed by atoms with van der Waals surface area (Å²) >= 11 is 1.48. The predicted molar refractivity (Wildman–Crippen MR) is 109 cm³/mol. The number of amides is 1. The second-order valence-electron chi connectivity index (χ2n) is 6.89. The lowest BCUT2D eigenvalue weighted by molar-refractivity contribution is -0.121. The molecule has 0 radical (unpaired) electrons.